The normalized spacial score (nSPS) is 11.9. The largest absolute Gasteiger partial charge is 0.451 e. The highest BCUT2D eigenvalue weighted by Crippen LogP contribution is 2.34. The SMILES string of the molecule is CO/N=C\CCc1nc(C(F)(F)F)nc2cccc(Oc3ncc(Cl)cn3)c12. The van der Waals surface area contributed by atoms with Gasteiger partial charge in [0.15, 0.2) is 0 Å². The van der Waals surface area contributed by atoms with Crippen molar-refractivity contribution in [2.24, 2.45) is 5.16 Å². The molecule has 146 valence electrons. The molecule has 3 aromatic rings. The molecule has 0 aliphatic rings. The Hall–Kier alpha value is -3.01. The number of benzene rings is 1. The molecule has 0 fully saturated rings. The molecule has 0 spiro atoms. The first kappa shape index (κ1) is 19.7. The highest BCUT2D eigenvalue weighted by molar-refractivity contribution is 6.30. The second kappa shape index (κ2) is 8.34. The maximum Gasteiger partial charge on any atom is 0.451 e. The van der Waals surface area contributed by atoms with Crippen LogP contribution in [-0.4, -0.2) is 33.3 Å². The fraction of sp³-hybridized carbons (Fsp3) is 0.235. The van der Waals surface area contributed by atoms with Crippen LogP contribution in [0.15, 0.2) is 35.7 Å². The van der Waals surface area contributed by atoms with Crippen molar-refractivity contribution in [3.05, 3.63) is 47.1 Å². The molecular formula is C17H13ClF3N5O2. The van der Waals surface area contributed by atoms with E-state index in [1.54, 1.807) is 6.07 Å². The highest BCUT2D eigenvalue weighted by atomic mass is 35.5. The Morgan fingerprint density at radius 3 is 2.61 bits per heavy atom. The summed E-state index contributed by atoms with van der Waals surface area (Å²) in [6.45, 7) is 0. The van der Waals surface area contributed by atoms with E-state index in [2.05, 4.69) is 29.9 Å². The topological polar surface area (TPSA) is 82.4 Å². The molecule has 0 aliphatic heterocycles. The molecule has 2 heterocycles. The minimum absolute atomic E-state index is 0.0105. The van der Waals surface area contributed by atoms with Gasteiger partial charge in [0, 0.05) is 6.21 Å². The summed E-state index contributed by atoms with van der Waals surface area (Å²) in [5.74, 6) is -0.995. The van der Waals surface area contributed by atoms with E-state index in [4.69, 9.17) is 16.3 Å². The van der Waals surface area contributed by atoms with Crippen molar-refractivity contribution in [2.45, 2.75) is 19.0 Å². The van der Waals surface area contributed by atoms with Gasteiger partial charge < -0.3 is 9.57 Å². The number of alkyl halides is 3. The lowest BCUT2D eigenvalue weighted by Gasteiger charge is -2.13. The van der Waals surface area contributed by atoms with Crippen molar-refractivity contribution in [2.75, 3.05) is 7.11 Å². The van der Waals surface area contributed by atoms with E-state index in [1.165, 1.54) is 37.9 Å². The molecule has 0 N–H and O–H groups in total. The lowest BCUT2D eigenvalue weighted by atomic mass is 10.1. The average Bonchev–Trinajstić information content (AvgIpc) is 2.66. The monoisotopic (exact) mass is 411 g/mol. The summed E-state index contributed by atoms with van der Waals surface area (Å²) in [7, 11) is 1.37. The van der Waals surface area contributed by atoms with Crippen LogP contribution in [0.1, 0.15) is 17.9 Å². The Morgan fingerprint density at radius 2 is 1.93 bits per heavy atom. The van der Waals surface area contributed by atoms with Crippen LogP contribution < -0.4 is 4.74 Å². The number of hydrogen-bond acceptors (Lipinski definition) is 7. The maximum absolute atomic E-state index is 13.2. The molecule has 0 amide bonds. The van der Waals surface area contributed by atoms with Crippen molar-refractivity contribution in [3.63, 3.8) is 0 Å². The predicted molar refractivity (Wildman–Crippen MR) is 95.5 cm³/mol. The third kappa shape index (κ3) is 4.63. The van der Waals surface area contributed by atoms with Crippen molar-refractivity contribution in [1.29, 1.82) is 0 Å². The minimum atomic E-state index is -4.68. The molecule has 0 unspecified atom stereocenters. The number of halogens is 4. The van der Waals surface area contributed by atoms with Gasteiger partial charge in [-0.2, -0.15) is 13.2 Å². The summed E-state index contributed by atoms with van der Waals surface area (Å²) in [6, 6.07) is 4.54. The number of aromatic nitrogens is 4. The van der Waals surface area contributed by atoms with Gasteiger partial charge in [-0.25, -0.2) is 19.9 Å². The summed E-state index contributed by atoms with van der Waals surface area (Å²) in [6.07, 6.45) is -0.0860. The molecule has 0 bridgehead atoms. The van der Waals surface area contributed by atoms with Gasteiger partial charge in [0.25, 0.3) is 0 Å². The molecule has 28 heavy (non-hydrogen) atoms. The first-order valence-electron chi connectivity index (χ1n) is 7.95. The molecule has 0 saturated heterocycles. The van der Waals surface area contributed by atoms with E-state index < -0.39 is 12.0 Å². The van der Waals surface area contributed by atoms with Crippen molar-refractivity contribution < 1.29 is 22.7 Å². The Labute approximate surface area is 162 Å². The number of nitrogens with zero attached hydrogens (tertiary/aromatic N) is 5. The van der Waals surface area contributed by atoms with E-state index in [0.717, 1.165) is 0 Å². The predicted octanol–water partition coefficient (Wildman–Crippen LogP) is 4.45. The minimum Gasteiger partial charge on any atom is -0.424 e. The fourth-order valence-corrected chi connectivity index (χ4v) is 2.50. The molecule has 7 nitrogen and oxygen atoms in total. The van der Waals surface area contributed by atoms with Crippen LogP contribution in [0.25, 0.3) is 10.9 Å². The quantitative estimate of drug-likeness (QED) is 0.440. The zero-order chi connectivity index (χ0) is 20.1. The number of rotatable bonds is 6. The first-order valence-corrected chi connectivity index (χ1v) is 8.33. The molecule has 0 radical (unpaired) electrons. The molecule has 0 saturated carbocycles. The summed E-state index contributed by atoms with van der Waals surface area (Å²) >= 11 is 5.75. The number of ether oxygens (including phenoxy) is 1. The molecular weight excluding hydrogens is 399 g/mol. The summed E-state index contributed by atoms with van der Waals surface area (Å²) < 4.78 is 45.2. The second-order valence-electron chi connectivity index (χ2n) is 5.44. The van der Waals surface area contributed by atoms with Crippen LogP contribution in [0.3, 0.4) is 0 Å². The zero-order valence-corrected chi connectivity index (χ0v) is 15.2. The molecule has 0 atom stereocenters. The van der Waals surface area contributed by atoms with Gasteiger partial charge in [-0.05, 0) is 25.0 Å². The van der Waals surface area contributed by atoms with E-state index in [0.29, 0.717) is 16.8 Å². The van der Waals surface area contributed by atoms with Crippen LogP contribution in [0, 0.1) is 0 Å². The number of oxime groups is 1. The van der Waals surface area contributed by atoms with Gasteiger partial charge >= 0.3 is 12.2 Å². The highest BCUT2D eigenvalue weighted by Gasteiger charge is 2.35. The lowest BCUT2D eigenvalue weighted by molar-refractivity contribution is -0.144. The Morgan fingerprint density at radius 1 is 1.18 bits per heavy atom. The Kier molecular flexibility index (Phi) is 5.88. The van der Waals surface area contributed by atoms with Gasteiger partial charge in [-0.15, -0.1) is 0 Å². The van der Waals surface area contributed by atoms with Crippen molar-refractivity contribution in [1.82, 2.24) is 19.9 Å². The number of aryl methyl sites for hydroxylation is 1. The maximum atomic E-state index is 13.2. The van der Waals surface area contributed by atoms with Crippen LogP contribution in [-0.2, 0) is 17.4 Å². The fourth-order valence-electron chi connectivity index (χ4n) is 2.40. The number of fused-ring (bicyclic) bond motifs is 1. The van der Waals surface area contributed by atoms with Gasteiger partial charge in [0.1, 0.15) is 12.9 Å². The first-order chi connectivity index (χ1) is 13.4. The molecule has 3 rings (SSSR count). The van der Waals surface area contributed by atoms with Crippen LogP contribution >= 0.6 is 11.6 Å². The smallest absolute Gasteiger partial charge is 0.424 e. The number of hydrogen-bond donors (Lipinski definition) is 0. The van der Waals surface area contributed by atoms with Gasteiger partial charge in [-0.3, -0.25) is 0 Å². The third-order valence-electron chi connectivity index (χ3n) is 3.50. The molecule has 2 aromatic heterocycles. The summed E-state index contributed by atoms with van der Waals surface area (Å²) in [4.78, 5) is 19.8. The van der Waals surface area contributed by atoms with Gasteiger partial charge in [0.05, 0.1) is 34.0 Å². The average molecular weight is 412 g/mol. The molecule has 11 heteroatoms. The van der Waals surface area contributed by atoms with Crippen LogP contribution in [0.4, 0.5) is 13.2 Å². The van der Waals surface area contributed by atoms with E-state index >= 15 is 0 Å². The van der Waals surface area contributed by atoms with Crippen LogP contribution in [0.5, 0.6) is 11.8 Å². The van der Waals surface area contributed by atoms with Gasteiger partial charge in [0.2, 0.25) is 5.82 Å². The summed E-state index contributed by atoms with van der Waals surface area (Å²) in [5.41, 5.74) is 0.247. The van der Waals surface area contributed by atoms with Crippen LogP contribution in [0.2, 0.25) is 5.02 Å². The standard InChI is InChI=1S/C17H13ClF3N5O2/c1-27-24-7-3-5-12-14-11(25-15(26-12)17(19,20)21)4-2-6-13(14)28-16-22-8-10(18)9-23-16/h2,4,6-9H,3,5H2,1H3/b24-7-. The van der Waals surface area contributed by atoms with E-state index in [9.17, 15) is 13.2 Å². The van der Waals surface area contributed by atoms with Crippen molar-refractivity contribution >= 4 is 28.7 Å². The van der Waals surface area contributed by atoms with Crippen molar-refractivity contribution in [3.8, 4) is 11.8 Å². The third-order valence-corrected chi connectivity index (χ3v) is 3.70. The Balaban J connectivity index is 2.08. The Bertz CT molecular complexity index is 996. The van der Waals surface area contributed by atoms with E-state index in [-0.39, 0.29) is 29.4 Å². The molecule has 1 aromatic carbocycles. The van der Waals surface area contributed by atoms with Gasteiger partial charge in [-0.1, -0.05) is 22.8 Å². The second-order valence-corrected chi connectivity index (χ2v) is 5.87. The lowest BCUT2D eigenvalue weighted by Crippen LogP contribution is -2.13. The summed E-state index contributed by atoms with van der Waals surface area (Å²) in [5, 5.41) is 4.24. The molecule has 0 aliphatic carbocycles. The van der Waals surface area contributed by atoms with E-state index in [1.807, 2.05) is 0 Å². The zero-order valence-electron chi connectivity index (χ0n) is 14.4.